The van der Waals surface area contributed by atoms with Gasteiger partial charge in [-0.3, -0.25) is 9.79 Å². The molecule has 1 N–H and O–H groups in total. The summed E-state index contributed by atoms with van der Waals surface area (Å²) >= 11 is 0. The van der Waals surface area contributed by atoms with Gasteiger partial charge in [0, 0.05) is 14.1 Å². The third kappa shape index (κ3) is 3.62. The van der Waals surface area contributed by atoms with Gasteiger partial charge in [-0.05, 0) is 55.4 Å². The first-order chi connectivity index (χ1) is 13.2. The van der Waals surface area contributed by atoms with Gasteiger partial charge in [0.25, 0.3) is 5.91 Å². The van der Waals surface area contributed by atoms with E-state index in [9.17, 15) is 9.90 Å². The summed E-state index contributed by atoms with van der Waals surface area (Å²) in [5, 5.41) is 12.4. The summed E-state index contributed by atoms with van der Waals surface area (Å²) in [4.78, 5) is 23.5. The largest absolute Gasteiger partial charge is 0.505 e. The third-order valence-electron chi connectivity index (χ3n) is 6.34. The van der Waals surface area contributed by atoms with Crippen LogP contribution in [0.4, 0.5) is 5.69 Å². The number of carbonyl (C=O) groups excluding carboxylic acids is 1. The molecule has 5 nitrogen and oxygen atoms in total. The number of nitrogens with zero attached hydrogens (tertiary/aromatic N) is 3. The molecule has 5 heteroatoms. The van der Waals surface area contributed by atoms with E-state index in [-0.39, 0.29) is 17.2 Å². The van der Waals surface area contributed by atoms with Crippen LogP contribution >= 0.6 is 0 Å². The number of rotatable bonds is 3. The standard InChI is InChI=1S/C23H31N3O2/c1-13-9-7-11-18(14(13)2)24-20-15(3)16(4)21(20)25-19-12-8-10-17(22(19)27)23(28)26(5)6/h8,10,12-14,18,27H,7,9,11H2,1-6H3. The zero-order valence-electron chi connectivity index (χ0n) is 17.8. The van der Waals surface area contributed by atoms with Crippen LogP contribution in [0.2, 0.25) is 0 Å². The number of para-hydroxylation sites is 1. The highest BCUT2D eigenvalue weighted by atomic mass is 16.3. The van der Waals surface area contributed by atoms with E-state index in [0.29, 0.717) is 23.6 Å². The lowest BCUT2D eigenvalue weighted by molar-refractivity contribution is 0.0824. The fourth-order valence-electron chi connectivity index (χ4n) is 4.00. The highest BCUT2D eigenvalue weighted by Gasteiger charge is 2.27. The van der Waals surface area contributed by atoms with Gasteiger partial charge in [0.05, 0.1) is 22.3 Å². The first kappa shape index (κ1) is 20.3. The molecule has 1 saturated carbocycles. The molecule has 150 valence electrons. The smallest absolute Gasteiger partial charge is 0.257 e. The maximum atomic E-state index is 12.3. The van der Waals surface area contributed by atoms with Gasteiger partial charge in [-0.1, -0.05) is 32.8 Å². The minimum Gasteiger partial charge on any atom is -0.505 e. The SMILES string of the molecule is Cc1c(C)c(=NC2CCCC(C)C2C)c1=Nc1cccc(C(=O)N(C)C)c1O. The van der Waals surface area contributed by atoms with E-state index in [0.717, 1.165) is 22.7 Å². The molecule has 3 unspecified atom stereocenters. The van der Waals surface area contributed by atoms with Crippen molar-refractivity contribution >= 4 is 11.6 Å². The van der Waals surface area contributed by atoms with E-state index in [1.165, 1.54) is 23.3 Å². The Hall–Kier alpha value is -2.43. The summed E-state index contributed by atoms with van der Waals surface area (Å²) in [6, 6.07) is 5.43. The second-order valence-electron chi connectivity index (χ2n) is 8.40. The molecule has 2 aromatic rings. The van der Waals surface area contributed by atoms with Crippen molar-refractivity contribution in [3.8, 4) is 5.75 Å². The van der Waals surface area contributed by atoms with Crippen molar-refractivity contribution < 1.29 is 9.90 Å². The van der Waals surface area contributed by atoms with Gasteiger partial charge in [-0.15, -0.1) is 0 Å². The maximum Gasteiger partial charge on any atom is 0.257 e. The number of hydrogen-bond acceptors (Lipinski definition) is 4. The van der Waals surface area contributed by atoms with E-state index in [1.807, 2.05) is 6.92 Å². The number of phenols is 1. The number of aromatic hydroxyl groups is 1. The van der Waals surface area contributed by atoms with E-state index in [4.69, 9.17) is 9.98 Å². The predicted molar refractivity (Wildman–Crippen MR) is 111 cm³/mol. The summed E-state index contributed by atoms with van der Waals surface area (Å²) in [7, 11) is 3.33. The van der Waals surface area contributed by atoms with Crippen molar-refractivity contribution in [2.24, 2.45) is 21.8 Å². The fourth-order valence-corrected chi connectivity index (χ4v) is 4.00. The van der Waals surface area contributed by atoms with Gasteiger partial charge in [0.2, 0.25) is 0 Å². The maximum absolute atomic E-state index is 12.3. The van der Waals surface area contributed by atoms with Gasteiger partial charge in [-0.25, -0.2) is 4.99 Å². The minimum atomic E-state index is -0.240. The van der Waals surface area contributed by atoms with E-state index in [1.54, 1.807) is 32.3 Å². The van der Waals surface area contributed by atoms with Crippen LogP contribution in [0.25, 0.3) is 0 Å². The normalized spacial score (nSPS) is 24.0. The van der Waals surface area contributed by atoms with Crippen LogP contribution < -0.4 is 10.7 Å². The molecular weight excluding hydrogens is 350 g/mol. The van der Waals surface area contributed by atoms with Crippen molar-refractivity contribution in [1.82, 2.24) is 4.90 Å². The molecule has 1 aliphatic carbocycles. The van der Waals surface area contributed by atoms with E-state index in [2.05, 4.69) is 20.8 Å². The van der Waals surface area contributed by atoms with E-state index >= 15 is 0 Å². The Labute approximate surface area is 167 Å². The average molecular weight is 382 g/mol. The number of carbonyl (C=O) groups is 1. The van der Waals surface area contributed by atoms with Crippen molar-refractivity contribution in [3.05, 3.63) is 45.6 Å². The molecule has 1 fully saturated rings. The highest BCUT2D eigenvalue weighted by molar-refractivity contribution is 5.98. The van der Waals surface area contributed by atoms with Crippen molar-refractivity contribution in [2.45, 2.75) is 53.0 Å². The van der Waals surface area contributed by atoms with Crippen LogP contribution in [0.15, 0.2) is 28.2 Å². The molecule has 2 aromatic carbocycles. The molecule has 0 aliphatic heterocycles. The predicted octanol–water partition coefficient (Wildman–Crippen LogP) is 3.54. The Balaban J connectivity index is 2.06. The molecule has 3 rings (SSSR count). The highest BCUT2D eigenvalue weighted by Crippen LogP contribution is 2.32. The second-order valence-corrected chi connectivity index (χ2v) is 8.40. The van der Waals surface area contributed by atoms with Crippen LogP contribution in [-0.4, -0.2) is 36.1 Å². The molecule has 0 aromatic heterocycles. The summed E-state index contributed by atoms with van der Waals surface area (Å²) < 4.78 is 0. The fraction of sp³-hybridized carbons (Fsp3) is 0.522. The third-order valence-corrected chi connectivity index (χ3v) is 6.34. The topological polar surface area (TPSA) is 65.3 Å². The van der Waals surface area contributed by atoms with Crippen LogP contribution in [0.1, 0.15) is 54.6 Å². The Bertz CT molecular complexity index is 980. The molecule has 0 spiro atoms. The zero-order chi connectivity index (χ0) is 20.6. The molecule has 0 radical (unpaired) electrons. The van der Waals surface area contributed by atoms with Gasteiger partial charge >= 0.3 is 0 Å². The Morgan fingerprint density at radius 1 is 1.11 bits per heavy atom. The molecule has 0 saturated heterocycles. The molecule has 1 aliphatic rings. The minimum absolute atomic E-state index is 0.0786. The molecule has 1 amide bonds. The van der Waals surface area contributed by atoms with Gasteiger partial charge in [0.15, 0.2) is 5.75 Å². The summed E-state index contributed by atoms with van der Waals surface area (Å²) in [5.41, 5.74) is 2.94. The van der Waals surface area contributed by atoms with E-state index < -0.39 is 0 Å². The number of amides is 1. The molecule has 28 heavy (non-hydrogen) atoms. The monoisotopic (exact) mass is 381 g/mol. The molecule has 0 bridgehead atoms. The first-order valence-electron chi connectivity index (χ1n) is 10.1. The quantitative estimate of drug-likeness (QED) is 0.884. The van der Waals surface area contributed by atoms with Gasteiger partial charge in [-0.2, -0.15) is 0 Å². The Kier molecular flexibility index (Phi) is 5.73. The average Bonchev–Trinajstić information content (AvgIpc) is 2.67. The first-order valence-corrected chi connectivity index (χ1v) is 10.1. The van der Waals surface area contributed by atoms with Crippen LogP contribution in [0.3, 0.4) is 0 Å². The lowest BCUT2D eigenvalue weighted by atomic mass is 9.78. The number of hydrogen-bond donors (Lipinski definition) is 1. The van der Waals surface area contributed by atoms with Crippen LogP contribution in [0.5, 0.6) is 5.75 Å². The summed E-state index contributed by atoms with van der Waals surface area (Å²) in [6.45, 7) is 8.72. The van der Waals surface area contributed by atoms with Crippen molar-refractivity contribution in [3.63, 3.8) is 0 Å². The Morgan fingerprint density at radius 3 is 2.46 bits per heavy atom. The van der Waals surface area contributed by atoms with Gasteiger partial charge < -0.3 is 10.0 Å². The summed E-state index contributed by atoms with van der Waals surface area (Å²) in [5.74, 6) is 0.929. The molecular formula is C23H31N3O2. The summed E-state index contributed by atoms with van der Waals surface area (Å²) in [6.07, 6.45) is 3.61. The Morgan fingerprint density at radius 2 is 1.79 bits per heavy atom. The lowest BCUT2D eigenvalue weighted by Gasteiger charge is -2.31. The lowest BCUT2D eigenvalue weighted by Crippen LogP contribution is -2.41. The number of benzene rings is 1. The number of phenolic OH excluding ortho intramolecular Hbond substituents is 1. The zero-order valence-corrected chi connectivity index (χ0v) is 17.8. The van der Waals surface area contributed by atoms with Crippen molar-refractivity contribution in [2.75, 3.05) is 14.1 Å². The molecule has 0 heterocycles. The molecule has 3 atom stereocenters. The second kappa shape index (κ2) is 7.90. The van der Waals surface area contributed by atoms with Crippen LogP contribution in [-0.2, 0) is 0 Å². The van der Waals surface area contributed by atoms with Crippen LogP contribution in [0, 0.1) is 25.7 Å². The van der Waals surface area contributed by atoms with Gasteiger partial charge in [0.1, 0.15) is 5.69 Å². The van der Waals surface area contributed by atoms with Crippen molar-refractivity contribution in [1.29, 1.82) is 0 Å².